The number of rotatable bonds is 9. The van der Waals surface area contributed by atoms with Gasteiger partial charge in [-0.15, -0.1) is 0 Å². The van der Waals surface area contributed by atoms with Crippen LogP contribution in [-0.2, 0) is 4.74 Å². The van der Waals surface area contributed by atoms with Crippen molar-refractivity contribution in [1.29, 1.82) is 0 Å². The normalized spacial score (nSPS) is 14.4. The first-order valence-corrected chi connectivity index (χ1v) is 6.32. The number of hydrogen-bond acceptors (Lipinski definition) is 3. The fraction of sp³-hybridized carbons (Fsp3) is 1.00. The Balaban J connectivity index is 3.63. The number of methoxy groups -OCH3 is 1. The van der Waals surface area contributed by atoms with E-state index >= 15 is 0 Å². The average molecular weight is 230 g/mol. The maximum absolute atomic E-state index is 6.02. The molecule has 0 aliphatic heterocycles. The van der Waals surface area contributed by atoms with Crippen LogP contribution in [0.4, 0.5) is 0 Å². The van der Waals surface area contributed by atoms with E-state index in [4.69, 9.17) is 10.5 Å². The zero-order valence-corrected chi connectivity index (χ0v) is 11.7. The predicted octanol–water partition coefficient (Wildman–Crippen LogP) is 2.01. The van der Waals surface area contributed by atoms with Crippen LogP contribution in [0, 0.1) is 11.3 Å². The molecule has 0 aromatic rings. The predicted molar refractivity (Wildman–Crippen MR) is 70.6 cm³/mol. The summed E-state index contributed by atoms with van der Waals surface area (Å²) in [5, 5.41) is 3.46. The van der Waals surface area contributed by atoms with Gasteiger partial charge >= 0.3 is 0 Å². The summed E-state index contributed by atoms with van der Waals surface area (Å²) >= 11 is 0. The van der Waals surface area contributed by atoms with Gasteiger partial charge in [0.15, 0.2) is 0 Å². The maximum atomic E-state index is 6.02. The molecule has 3 heteroatoms. The topological polar surface area (TPSA) is 47.3 Å². The molecule has 0 saturated carbocycles. The van der Waals surface area contributed by atoms with Gasteiger partial charge in [0.2, 0.25) is 0 Å². The van der Waals surface area contributed by atoms with Gasteiger partial charge in [0, 0.05) is 32.8 Å². The SMILES string of the molecule is COCCC(C)(C)CNCC(N)CC(C)C. The summed E-state index contributed by atoms with van der Waals surface area (Å²) in [5.74, 6) is 0.679. The fourth-order valence-corrected chi connectivity index (χ4v) is 1.75. The van der Waals surface area contributed by atoms with Gasteiger partial charge in [0.25, 0.3) is 0 Å². The first-order chi connectivity index (χ1) is 7.37. The van der Waals surface area contributed by atoms with E-state index in [1.165, 1.54) is 0 Å². The molecular weight excluding hydrogens is 200 g/mol. The van der Waals surface area contributed by atoms with E-state index in [1.54, 1.807) is 7.11 Å². The minimum Gasteiger partial charge on any atom is -0.385 e. The Morgan fingerprint density at radius 3 is 2.44 bits per heavy atom. The molecule has 0 spiro atoms. The van der Waals surface area contributed by atoms with Crippen molar-refractivity contribution in [3.05, 3.63) is 0 Å². The van der Waals surface area contributed by atoms with Crippen molar-refractivity contribution in [1.82, 2.24) is 5.32 Å². The third-order valence-electron chi connectivity index (χ3n) is 2.77. The lowest BCUT2D eigenvalue weighted by molar-refractivity contribution is 0.150. The molecule has 98 valence electrons. The summed E-state index contributed by atoms with van der Waals surface area (Å²) in [7, 11) is 1.75. The van der Waals surface area contributed by atoms with Crippen LogP contribution in [0.25, 0.3) is 0 Å². The molecule has 0 aliphatic carbocycles. The van der Waals surface area contributed by atoms with Gasteiger partial charge in [-0.3, -0.25) is 0 Å². The molecule has 0 radical (unpaired) electrons. The van der Waals surface area contributed by atoms with E-state index < -0.39 is 0 Å². The van der Waals surface area contributed by atoms with Crippen LogP contribution in [0.5, 0.6) is 0 Å². The summed E-state index contributed by atoms with van der Waals surface area (Å²) in [4.78, 5) is 0. The van der Waals surface area contributed by atoms with Crippen molar-refractivity contribution < 1.29 is 4.74 Å². The lowest BCUT2D eigenvalue weighted by Gasteiger charge is -2.26. The van der Waals surface area contributed by atoms with Gasteiger partial charge in [0.05, 0.1) is 0 Å². The van der Waals surface area contributed by atoms with Gasteiger partial charge < -0.3 is 15.8 Å². The van der Waals surface area contributed by atoms with Crippen LogP contribution >= 0.6 is 0 Å². The van der Waals surface area contributed by atoms with Crippen LogP contribution in [0.3, 0.4) is 0 Å². The summed E-state index contributed by atoms with van der Waals surface area (Å²) < 4.78 is 5.11. The minimum absolute atomic E-state index is 0.276. The van der Waals surface area contributed by atoms with Gasteiger partial charge in [-0.1, -0.05) is 27.7 Å². The van der Waals surface area contributed by atoms with E-state index in [-0.39, 0.29) is 11.5 Å². The number of nitrogens with two attached hydrogens (primary N) is 1. The molecule has 0 bridgehead atoms. The second-order valence-electron chi connectivity index (χ2n) is 5.93. The van der Waals surface area contributed by atoms with Crippen LogP contribution < -0.4 is 11.1 Å². The third kappa shape index (κ3) is 9.13. The molecule has 0 aromatic heterocycles. The molecule has 0 saturated heterocycles. The van der Waals surface area contributed by atoms with Crippen molar-refractivity contribution in [2.45, 2.75) is 46.6 Å². The Hall–Kier alpha value is -0.120. The van der Waals surface area contributed by atoms with Gasteiger partial charge in [0.1, 0.15) is 0 Å². The molecule has 0 fully saturated rings. The Kier molecular flexibility index (Phi) is 7.98. The highest BCUT2D eigenvalue weighted by molar-refractivity contribution is 4.74. The molecule has 1 unspecified atom stereocenters. The number of nitrogens with one attached hydrogen (secondary N) is 1. The maximum Gasteiger partial charge on any atom is 0.0467 e. The first kappa shape index (κ1) is 15.9. The fourth-order valence-electron chi connectivity index (χ4n) is 1.75. The van der Waals surface area contributed by atoms with E-state index in [1.807, 2.05) is 0 Å². The highest BCUT2D eigenvalue weighted by Crippen LogP contribution is 2.18. The van der Waals surface area contributed by atoms with Gasteiger partial charge in [-0.25, -0.2) is 0 Å². The molecule has 0 aliphatic rings. The summed E-state index contributed by atoms with van der Waals surface area (Å²) in [6, 6.07) is 0.276. The molecule has 0 amide bonds. The molecule has 1 atom stereocenters. The Morgan fingerprint density at radius 2 is 1.94 bits per heavy atom. The minimum atomic E-state index is 0.276. The van der Waals surface area contributed by atoms with Crippen molar-refractivity contribution in [3.63, 3.8) is 0 Å². The van der Waals surface area contributed by atoms with E-state index in [9.17, 15) is 0 Å². The highest BCUT2D eigenvalue weighted by atomic mass is 16.5. The second kappa shape index (κ2) is 8.04. The summed E-state index contributed by atoms with van der Waals surface area (Å²) in [6.07, 6.45) is 2.17. The van der Waals surface area contributed by atoms with E-state index in [0.717, 1.165) is 32.5 Å². The second-order valence-corrected chi connectivity index (χ2v) is 5.93. The lowest BCUT2D eigenvalue weighted by atomic mass is 9.89. The van der Waals surface area contributed by atoms with Crippen LogP contribution in [-0.4, -0.2) is 32.8 Å². The third-order valence-corrected chi connectivity index (χ3v) is 2.77. The quantitative estimate of drug-likeness (QED) is 0.637. The smallest absolute Gasteiger partial charge is 0.0467 e. The summed E-state index contributed by atoms with van der Waals surface area (Å²) in [6.45, 7) is 11.7. The van der Waals surface area contributed by atoms with E-state index in [2.05, 4.69) is 33.0 Å². The van der Waals surface area contributed by atoms with Crippen LogP contribution in [0.15, 0.2) is 0 Å². The monoisotopic (exact) mass is 230 g/mol. The first-order valence-electron chi connectivity index (χ1n) is 6.32. The van der Waals surface area contributed by atoms with E-state index in [0.29, 0.717) is 5.92 Å². The average Bonchev–Trinajstić information content (AvgIpc) is 2.13. The molecule has 0 aromatic carbocycles. The molecular formula is C13H30N2O. The molecule has 0 heterocycles. The molecule has 0 rings (SSSR count). The Labute approximate surface area is 101 Å². The lowest BCUT2D eigenvalue weighted by Crippen LogP contribution is -2.39. The zero-order valence-electron chi connectivity index (χ0n) is 11.7. The standard InChI is InChI=1S/C13H30N2O/c1-11(2)8-12(14)9-15-10-13(3,4)6-7-16-5/h11-12,15H,6-10,14H2,1-5H3. The molecule has 16 heavy (non-hydrogen) atoms. The highest BCUT2D eigenvalue weighted by Gasteiger charge is 2.17. The largest absolute Gasteiger partial charge is 0.385 e. The Morgan fingerprint density at radius 1 is 1.31 bits per heavy atom. The Bertz CT molecular complexity index is 169. The van der Waals surface area contributed by atoms with Crippen molar-refractivity contribution in [2.75, 3.05) is 26.8 Å². The molecule has 3 N–H and O–H groups in total. The zero-order chi connectivity index (χ0) is 12.6. The number of hydrogen-bond donors (Lipinski definition) is 2. The van der Waals surface area contributed by atoms with Crippen LogP contribution in [0.1, 0.15) is 40.5 Å². The molecule has 3 nitrogen and oxygen atoms in total. The van der Waals surface area contributed by atoms with Crippen molar-refractivity contribution in [2.24, 2.45) is 17.1 Å². The van der Waals surface area contributed by atoms with Crippen molar-refractivity contribution in [3.8, 4) is 0 Å². The van der Waals surface area contributed by atoms with Crippen LogP contribution in [0.2, 0.25) is 0 Å². The van der Waals surface area contributed by atoms with Gasteiger partial charge in [-0.05, 0) is 24.2 Å². The number of ether oxygens (including phenoxy) is 1. The van der Waals surface area contributed by atoms with Gasteiger partial charge in [-0.2, -0.15) is 0 Å². The van der Waals surface area contributed by atoms with Crippen molar-refractivity contribution >= 4 is 0 Å². The summed E-state index contributed by atoms with van der Waals surface area (Å²) in [5.41, 5.74) is 6.30.